The molecule has 6 heteroatoms. The highest BCUT2D eigenvalue weighted by atomic mass is 19.2. The number of benzene rings is 2. The lowest BCUT2D eigenvalue weighted by Crippen LogP contribution is -2.40. The molecule has 0 saturated heterocycles. The molecular formula is C23H25F2N3O. The first-order chi connectivity index (χ1) is 13.5. The van der Waals surface area contributed by atoms with Gasteiger partial charge in [-0.2, -0.15) is 5.10 Å². The number of carbonyl (C=O) groups is 1. The van der Waals surface area contributed by atoms with Crippen molar-refractivity contribution in [1.82, 2.24) is 15.1 Å². The van der Waals surface area contributed by atoms with Gasteiger partial charge in [0, 0.05) is 28.9 Å². The van der Waals surface area contributed by atoms with E-state index in [0.717, 1.165) is 23.4 Å². The van der Waals surface area contributed by atoms with Crippen molar-refractivity contribution in [1.29, 1.82) is 0 Å². The van der Waals surface area contributed by atoms with Gasteiger partial charge in [0.2, 0.25) is 0 Å². The third-order valence-electron chi connectivity index (χ3n) is 4.39. The second-order valence-electron chi connectivity index (χ2n) is 8.39. The Bertz CT molecular complexity index is 1050. The number of nitrogens with zero attached hydrogens (tertiary/aromatic N) is 2. The third-order valence-corrected chi connectivity index (χ3v) is 4.39. The van der Waals surface area contributed by atoms with Gasteiger partial charge in [0.05, 0.1) is 5.69 Å². The van der Waals surface area contributed by atoms with Gasteiger partial charge in [-0.15, -0.1) is 0 Å². The molecule has 0 spiro atoms. The van der Waals surface area contributed by atoms with E-state index in [1.807, 2.05) is 51.4 Å². The summed E-state index contributed by atoms with van der Waals surface area (Å²) >= 11 is 0. The monoisotopic (exact) mass is 397 g/mol. The normalized spacial score (nSPS) is 11.7. The minimum atomic E-state index is -0.930. The first kappa shape index (κ1) is 20.7. The van der Waals surface area contributed by atoms with Crippen molar-refractivity contribution >= 4 is 5.91 Å². The zero-order chi connectivity index (χ0) is 21.3. The lowest BCUT2D eigenvalue weighted by Gasteiger charge is -2.21. The van der Waals surface area contributed by atoms with Crippen molar-refractivity contribution in [2.75, 3.05) is 0 Å². The van der Waals surface area contributed by atoms with Crippen LogP contribution in [0.15, 0.2) is 48.7 Å². The third kappa shape index (κ3) is 4.70. The Morgan fingerprint density at radius 1 is 0.966 bits per heavy atom. The molecule has 1 N–H and O–H groups in total. The van der Waals surface area contributed by atoms with E-state index in [-0.39, 0.29) is 11.9 Å². The molecule has 152 valence electrons. The van der Waals surface area contributed by atoms with Crippen molar-refractivity contribution < 1.29 is 13.6 Å². The zero-order valence-electron chi connectivity index (χ0n) is 17.3. The van der Waals surface area contributed by atoms with Gasteiger partial charge in [0.25, 0.3) is 5.91 Å². The van der Waals surface area contributed by atoms with Crippen LogP contribution in [-0.2, 0) is 0 Å². The molecule has 0 aliphatic heterocycles. The summed E-state index contributed by atoms with van der Waals surface area (Å²) in [6.45, 7) is 9.74. The van der Waals surface area contributed by atoms with E-state index < -0.39 is 17.2 Å². The molecule has 0 aliphatic carbocycles. The number of carbonyl (C=O) groups excluding carboxylic acids is 1. The zero-order valence-corrected chi connectivity index (χ0v) is 17.3. The molecule has 1 heterocycles. The molecule has 0 unspecified atom stereocenters. The summed E-state index contributed by atoms with van der Waals surface area (Å²) in [4.78, 5) is 12.8. The van der Waals surface area contributed by atoms with Crippen LogP contribution in [-0.4, -0.2) is 21.2 Å². The van der Waals surface area contributed by atoms with Gasteiger partial charge >= 0.3 is 0 Å². The molecule has 0 atom stereocenters. The van der Waals surface area contributed by atoms with Crippen LogP contribution in [0.2, 0.25) is 0 Å². The fourth-order valence-electron chi connectivity index (χ4n) is 3.12. The minimum Gasteiger partial charge on any atom is -0.347 e. The first-order valence-corrected chi connectivity index (χ1v) is 9.52. The highest BCUT2D eigenvalue weighted by molar-refractivity contribution is 5.97. The van der Waals surface area contributed by atoms with Crippen molar-refractivity contribution in [2.24, 2.45) is 0 Å². The predicted molar refractivity (Wildman–Crippen MR) is 111 cm³/mol. The summed E-state index contributed by atoms with van der Waals surface area (Å²) in [7, 11) is 0. The molecule has 1 aromatic heterocycles. The van der Waals surface area contributed by atoms with Crippen molar-refractivity contribution in [3.05, 3.63) is 65.9 Å². The van der Waals surface area contributed by atoms with Gasteiger partial charge < -0.3 is 5.32 Å². The molecule has 2 aromatic carbocycles. The fourth-order valence-corrected chi connectivity index (χ4v) is 3.12. The van der Waals surface area contributed by atoms with Gasteiger partial charge in [0.1, 0.15) is 0 Å². The van der Waals surface area contributed by atoms with Crippen LogP contribution in [0.5, 0.6) is 0 Å². The summed E-state index contributed by atoms with van der Waals surface area (Å²) in [5, 5.41) is 7.31. The van der Waals surface area contributed by atoms with E-state index in [0.29, 0.717) is 16.7 Å². The molecule has 4 nitrogen and oxygen atoms in total. The van der Waals surface area contributed by atoms with Crippen LogP contribution in [0.1, 0.15) is 51.0 Å². The van der Waals surface area contributed by atoms with Crippen LogP contribution >= 0.6 is 0 Å². The summed E-state index contributed by atoms with van der Waals surface area (Å²) in [5.74, 6) is -2.08. The molecule has 1 amide bonds. The average molecular weight is 397 g/mol. The van der Waals surface area contributed by atoms with Crippen molar-refractivity contribution in [3.8, 4) is 22.4 Å². The highest BCUT2D eigenvalue weighted by Gasteiger charge is 2.19. The molecular weight excluding hydrogens is 372 g/mol. The first-order valence-electron chi connectivity index (χ1n) is 9.52. The van der Waals surface area contributed by atoms with Crippen LogP contribution < -0.4 is 5.32 Å². The van der Waals surface area contributed by atoms with Crippen molar-refractivity contribution in [3.63, 3.8) is 0 Å². The number of hydrogen-bond acceptors (Lipinski definition) is 2. The van der Waals surface area contributed by atoms with Crippen molar-refractivity contribution in [2.45, 2.75) is 46.2 Å². The SMILES string of the molecule is CC(C)n1nccc1-c1cc(C(=O)NC(C)(C)C)cc(-c2ccc(F)c(F)c2)c1. The van der Waals surface area contributed by atoms with Crippen LogP contribution in [0.4, 0.5) is 8.78 Å². The lowest BCUT2D eigenvalue weighted by atomic mass is 9.97. The number of nitrogens with one attached hydrogen (secondary N) is 1. The molecule has 0 fully saturated rings. The standard InChI is InChI=1S/C23H25F2N3O/c1-14(2)28-21(8-9-26-28)17-10-16(15-6-7-19(24)20(25)13-15)11-18(12-17)22(29)27-23(3,4)5/h6-14H,1-5H3,(H,27,29). The maximum atomic E-state index is 13.8. The Morgan fingerprint density at radius 3 is 2.28 bits per heavy atom. The topological polar surface area (TPSA) is 46.9 Å². The Kier molecular flexibility index (Phi) is 5.55. The molecule has 0 radical (unpaired) electrons. The second kappa shape index (κ2) is 7.78. The van der Waals surface area contributed by atoms with E-state index in [9.17, 15) is 13.6 Å². The summed E-state index contributed by atoms with van der Waals surface area (Å²) in [5.41, 5.74) is 2.76. The van der Waals surface area contributed by atoms with E-state index in [2.05, 4.69) is 10.4 Å². The Morgan fingerprint density at radius 2 is 1.66 bits per heavy atom. The lowest BCUT2D eigenvalue weighted by molar-refractivity contribution is 0.0919. The number of hydrogen-bond donors (Lipinski definition) is 1. The van der Waals surface area contributed by atoms with Gasteiger partial charge in [-0.3, -0.25) is 9.48 Å². The number of amides is 1. The second-order valence-corrected chi connectivity index (χ2v) is 8.39. The van der Waals surface area contributed by atoms with E-state index in [1.54, 1.807) is 18.3 Å². The molecule has 29 heavy (non-hydrogen) atoms. The van der Waals surface area contributed by atoms with E-state index in [1.165, 1.54) is 6.07 Å². The Balaban J connectivity index is 2.17. The highest BCUT2D eigenvalue weighted by Crippen LogP contribution is 2.30. The molecule has 0 saturated carbocycles. The molecule has 0 bridgehead atoms. The quantitative estimate of drug-likeness (QED) is 0.622. The maximum Gasteiger partial charge on any atom is 0.251 e. The van der Waals surface area contributed by atoms with E-state index >= 15 is 0 Å². The van der Waals surface area contributed by atoms with Crippen LogP contribution in [0.25, 0.3) is 22.4 Å². The smallest absolute Gasteiger partial charge is 0.251 e. The van der Waals surface area contributed by atoms with Gasteiger partial charge in [-0.05, 0) is 82.1 Å². The van der Waals surface area contributed by atoms with Gasteiger partial charge in [-0.25, -0.2) is 8.78 Å². The maximum absolute atomic E-state index is 13.8. The summed E-state index contributed by atoms with van der Waals surface area (Å²) in [6, 6.07) is 11.1. The summed E-state index contributed by atoms with van der Waals surface area (Å²) < 4.78 is 29.1. The minimum absolute atomic E-state index is 0.124. The molecule has 3 aromatic rings. The van der Waals surface area contributed by atoms with Crippen LogP contribution in [0, 0.1) is 11.6 Å². The fraction of sp³-hybridized carbons (Fsp3) is 0.304. The predicted octanol–water partition coefficient (Wildman–Crippen LogP) is 5.60. The number of halogens is 2. The molecule has 3 rings (SSSR count). The number of aromatic nitrogens is 2. The van der Waals surface area contributed by atoms with E-state index in [4.69, 9.17) is 0 Å². The average Bonchev–Trinajstić information content (AvgIpc) is 3.12. The summed E-state index contributed by atoms with van der Waals surface area (Å²) in [6.07, 6.45) is 1.70. The number of rotatable bonds is 4. The Labute approximate surface area is 169 Å². The van der Waals surface area contributed by atoms with Gasteiger partial charge in [0.15, 0.2) is 11.6 Å². The van der Waals surface area contributed by atoms with Gasteiger partial charge in [-0.1, -0.05) is 6.07 Å². The Hall–Kier alpha value is -3.02. The molecule has 0 aliphatic rings. The largest absolute Gasteiger partial charge is 0.347 e. The van der Waals surface area contributed by atoms with Crippen LogP contribution in [0.3, 0.4) is 0 Å².